The molecule has 0 radical (unpaired) electrons. The Labute approximate surface area is 117 Å². The van der Waals surface area contributed by atoms with Crippen molar-refractivity contribution in [2.45, 2.75) is 32.7 Å². The predicted octanol–water partition coefficient (Wildman–Crippen LogP) is 3.17. The van der Waals surface area contributed by atoms with Crippen LogP contribution in [0.5, 0.6) is 0 Å². The van der Waals surface area contributed by atoms with Crippen LogP contribution in [0.3, 0.4) is 0 Å². The molecule has 1 atom stereocenters. The molecular formula is C13H20BrN3O. The second-order valence-corrected chi connectivity index (χ2v) is 5.25. The maximum atomic E-state index is 8.68. The van der Waals surface area contributed by atoms with E-state index in [0.717, 1.165) is 23.0 Å². The molecule has 1 rings (SSSR count). The van der Waals surface area contributed by atoms with Gasteiger partial charge in [0.2, 0.25) is 0 Å². The van der Waals surface area contributed by atoms with E-state index in [0.29, 0.717) is 11.6 Å². The van der Waals surface area contributed by atoms with Crippen molar-refractivity contribution in [3.63, 3.8) is 0 Å². The lowest BCUT2D eigenvalue weighted by Gasteiger charge is -2.27. The highest BCUT2D eigenvalue weighted by Crippen LogP contribution is 2.25. The zero-order chi connectivity index (χ0) is 13.7. The SMILES string of the molecule is CCCC(C)N(C)c1ccc(/C(N)=N/O)c(Br)c1. The summed E-state index contributed by atoms with van der Waals surface area (Å²) >= 11 is 3.45. The first-order valence-electron chi connectivity index (χ1n) is 6.01. The van der Waals surface area contributed by atoms with E-state index in [1.165, 1.54) is 0 Å². The van der Waals surface area contributed by atoms with Gasteiger partial charge in [-0.25, -0.2) is 0 Å². The molecule has 0 aromatic heterocycles. The van der Waals surface area contributed by atoms with E-state index in [9.17, 15) is 0 Å². The molecule has 0 heterocycles. The summed E-state index contributed by atoms with van der Waals surface area (Å²) in [6, 6.07) is 6.30. The number of anilines is 1. The smallest absolute Gasteiger partial charge is 0.171 e. The summed E-state index contributed by atoms with van der Waals surface area (Å²) in [6.45, 7) is 4.39. The van der Waals surface area contributed by atoms with Gasteiger partial charge < -0.3 is 15.8 Å². The van der Waals surface area contributed by atoms with Crippen molar-refractivity contribution in [2.75, 3.05) is 11.9 Å². The average molecular weight is 314 g/mol. The molecule has 4 nitrogen and oxygen atoms in total. The Hall–Kier alpha value is -1.23. The minimum absolute atomic E-state index is 0.109. The van der Waals surface area contributed by atoms with Gasteiger partial charge in [-0.3, -0.25) is 0 Å². The van der Waals surface area contributed by atoms with Gasteiger partial charge in [-0.1, -0.05) is 18.5 Å². The third kappa shape index (κ3) is 3.38. The molecule has 1 aromatic carbocycles. The van der Waals surface area contributed by atoms with E-state index in [4.69, 9.17) is 10.9 Å². The van der Waals surface area contributed by atoms with E-state index in [2.05, 4.69) is 46.9 Å². The van der Waals surface area contributed by atoms with Crippen LogP contribution in [0.2, 0.25) is 0 Å². The van der Waals surface area contributed by atoms with E-state index in [1.807, 2.05) is 18.2 Å². The van der Waals surface area contributed by atoms with Gasteiger partial charge >= 0.3 is 0 Å². The highest BCUT2D eigenvalue weighted by atomic mass is 79.9. The number of nitrogens with zero attached hydrogens (tertiary/aromatic N) is 2. The topological polar surface area (TPSA) is 61.8 Å². The fraction of sp³-hybridized carbons (Fsp3) is 0.462. The number of hydrogen-bond donors (Lipinski definition) is 2. The molecule has 18 heavy (non-hydrogen) atoms. The molecule has 5 heteroatoms. The Kier molecular flexibility index (Phi) is 5.47. The Bertz CT molecular complexity index is 434. The van der Waals surface area contributed by atoms with Gasteiger partial charge in [0.05, 0.1) is 0 Å². The molecular weight excluding hydrogens is 294 g/mol. The standard InChI is InChI=1S/C13H20BrN3O/c1-4-5-9(2)17(3)10-6-7-11(12(14)8-10)13(15)16-18/h6-9,18H,4-5H2,1-3H3,(H2,15,16). The third-order valence-electron chi connectivity index (χ3n) is 3.11. The first kappa shape index (κ1) is 14.8. The summed E-state index contributed by atoms with van der Waals surface area (Å²) in [7, 11) is 2.07. The maximum absolute atomic E-state index is 8.68. The van der Waals surface area contributed by atoms with Gasteiger partial charge in [-0.15, -0.1) is 0 Å². The zero-order valence-electron chi connectivity index (χ0n) is 11.0. The average Bonchev–Trinajstić information content (AvgIpc) is 2.37. The van der Waals surface area contributed by atoms with Gasteiger partial charge in [0.25, 0.3) is 0 Å². The van der Waals surface area contributed by atoms with Crippen LogP contribution in [0.4, 0.5) is 5.69 Å². The van der Waals surface area contributed by atoms with Crippen molar-refractivity contribution >= 4 is 27.5 Å². The van der Waals surface area contributed by atoms with E-state index < -0.39 is 0 Å². The van der Waals surface area contributed by atoms with Crippen LogP contribution in [0.25, 0.3) is 0 Å². The Balaban J connectivity index is 2.97. The van der Waals surface area contributed by atoms with Crippen molar-refractivity contribution in [2.24, 2.45) is 10.9 Å². The lowest BCUT2D eigenvalue weighted by Crippen LogP contribution is -2.28. The summed E-state index contributed by atoms with van der Waals surface area (Å²) in [5.74, 6) is 0.109. The van der Waals surface area contributed by atoms with Gasteiger partial charge in [0, 0.05) is 28.8 Å². The normalized spacial score (nSPS) is 13.4. The Morgan fingerprint density at radius 2 is 2.22 bits per heavy atom. The van der Waals surface area contributed by atoms with Crippen molar-refractivity contribution in [1.82, 2.24) is 0 Å². The van der Waals surface area contributed by atoms with Gasteiger partial charge in [-0.2, -0.15) is 0 Å². The molecule has 1 aromatic rings. The zero-order valence-corrected chi connectivity index (χ0v) is 12.6. The summed E-state index contributed by atoms with van der Waals surface area (Å²) in [5, 5.41) is 11.7. The molecule has 0 aliphatic carbocycles. The van der Waals surface area contributed by atoms with Crippen molar-refractivity contribution in [3.8, 4) is 0 Å². The number of hydrogen-bond acceptors (Lipinski definition) is 3. The number of amidine groups is 1. The summed E-state index contributed by atoms with van der Waals surface area (Å²) in [5.41, 5.74) is 7.39. The van der Waals surface area contributed by atoms with E-state index in [-0.39, 0.29) is 5.84 Å². The lowest BCUT2D eigenvalue weighted by molar-refractivity contribution is 0.318. The van der Waals surface area contributed by atoms with Gasteiger partial charge in [0.15, 0.2) is 5.84 Å². The number of halogens is 1. The van der Waals surface area contributed by atoms with Crippen molar-refractivity contribution in [1.29, 1.82) is 0 Å². The van der Waals surface area contributed by atoms with Crippen LogP contribution >= 0.6 is 15.9 Å². The van der Waals surface area contributed by atoms with Crippen LogP contribution in [-0.4, -0.2) is 24.1 Å². The van der Waals surface area contributed by atoms with Crippen molar-refractivity contribution < 1.29 is 5.21 Å². The Morgan fingerprint density at radius 1 is 1.56 bits per heavy atom. The molecule has 0 fully saturated rings. The highest BCUT2D eigenvalue weighted by Gasteiger charge is 2.12. The summed E-state index contributed by atoms with van der Waals surface area (Å²) in [4.78, 5) is 2.23. The number of rotatable bonds is 5. The van der Waals surface area contributed by atoms with Gasteiger partial charge in [0.1, 0.15) is 0 Å². The second kappa shape index (κ2) is 6.64. The first-order chi connectivity index (χ1) is 8.51. The molecule has 100 valence electrons. The fourth-order valence-corrected chi connectivity index (χ4v) is 2.42. The van der Waals surface area contributed by atoms with E-state index in [1.54, 1.807) is 0 Å². The molecule has 0 spiro atoms. The molecule has 3 N–H and O–H groups in total. The van der Waals surface area contributed by atoms with Crippen LogP contribution in [0.15, 0.2) is 27.8 Å². The monoisotopic (exact) mass is 313 g/mol. The molecule has 0 bridgehead atoms. The van der Waals surface area contributed by atoms with Crippen molar-refractivity contribution in [3.05, 3.63) is 28.2 Å². The van der Waals surface area contributed by atoms with Crippen LogP contribution < -0.4 is 10.6 Å². The number of nitrogens with two attached hydrogens (primary N) is 1. The fourth-order valence-electron chi connectivity index (χ4n) is 1.85. The maximum Gasteiger partial charge on any atom is 0.171 e. The summed E-state index contributed by atoms with van der Waals surface area (Å²) in [6.07, 6.45) is 2.31. The molecule has 0 amide bonds. The minimum Gasteiger partial charge on any atom is -0.409 e. The van der Waals surface area contributed by atoms with Crippen LogP contribution in [-0.2, 0) is 0 Å². The minimum atomic E-state index is 0.109. The largest absolute Gasteiger partial charge is 0.409 e. The first-order valence-corrected chi connectivity index (χ1v) is 6.80. The molecule has 0 saturated heterocycles. The van der Waals surface area contributed by atoms with Gasteiger partial charge in [-0.05, 0) is 47.5 Å². The molecule has 1 unspecified atom stereocenters. The molecule has 0 aliphatic heterocycles. The number of benzene rings is 1. The van der Waals surface area contributed by atoms with E-state index >= 15 is 0 Å². The molecule has 0 aliphatic rings. The van der Waals surface area contributed by atoms with Crippen LogP contribution in [0, 0.1) is 0 Å². The highest BCUT2D eigenvalue weighted by molar-refractivity contribution is 9.10. The molecule has 0 saturated carbocycles. The van der Waals surface area contributed by atoms with Crippen LogP contribution in [0.1, 0.15) is 32.3 Å². The Morgan fingerprint density at radius 3 is 2.72 bits per heavy atom. The predicted molar refractivity (Wildman–Crippen MR) is 79.4 cm³/mol. The quantitative estimate of drug-likeness (QED) is 0.380. The lowest BCUT2D eigenvalue weighted by atomic mass is 10.1. The third-order valence-corrected chi connectivity index (χ3v) is 3.77. The second-order valence-electron chi connectivity index (χ2n) is 4.40. The summed E-state index contributed by atoms with van der Waals surface area (Å²) < 4.78 is 0.825. The number of oxime groups is 1.